The summed E-state index contributed by atoms with van der Waals surface area (Å²) in [6, 6.07) is 59.3. The molecule has 3 aromatic heterocycles. The summed E-state index contributed by atoms with van der Waals surface area (Å²) in [6.45, 7) is 0. The van der Waals surface area contributed by atoms with Crippen LogP contribution in [0.15, 0.2) is 164 Å². The predicted molar refractivity (Wildman–Crippen MR) is 214 cm³/mol. The summed E-state index contributed by atoms with van der Waals surface area (Å²) in [7, 11) is 0. The molecule has 0 saturated heterocycles. The molecule has 0 aliphatic heterocycles. The molecule has 7 nitrogen and oxygen atoms in total. The monoisotopic (exact) mass is 689 g/mol. The van der Waals surface area contributed by atoms with Gasteiger partial charge in [-0.15, -0.1) is 0 Å². The van der Waals surface area contributed by atoms with Crippen molar-refractivity contribution >= 4 is 43.6 Å². The van der Waals surface area contributed by atoms with Crippen LogP contribution >= 0.6 is 0 Å². The van der Waals surface area contributed by atoms with Crippen LogP contribution in [0.25, 0.3) is 89.2 Å². The predicted octanol–water partition coefficient (Wildman–Crippen LogP) is 10.8. The maximum absolute atomic E-state index is 9.71. The van der Waals surface area contributed by atoms with E-state index in [1.807, 2.05) is 109 Å². The molecule has 0 aliphatic carbocycles. The van der Waals surface area contributed by atoms with E-state index >= 15 is 0 Å². The Kier molecular flexibility index (Phi) is 7.11. The van der Waals surface area contributed by atoms with Crippen molar-refractivity contribution in [2.75, 3.05) is 0 Å². The van der Waals surface area contributed by atoms with Crippen LogP contribution in [0.3, 0.4) is 0 Å². The van der Waals surface area contributed by atoms with E-state index in [2.05, 4.69) is 75.9 Å². The molecule has 0 saturated carbocycles. The van der Waals surface area contributed by atoms with Gasteiger partial charge in [0.15, 0.2) is 17.5 Å². The number of rotatable bonds is 5. The van der Waals surface area contributed by atoms with E-state index in [0.29, 0.717) is 28.6 Å². The number of benzene rings is 7. The zero-order valence-electron chi connectivity index (χ0n) is 28.7. The zero-order chi connectivity index (χ0) is 36.2. The zero-order valence-corrected chi connectivity index (χ0v) is 28.7. The molecule has 0 atom stereocenters. The molecule has 0 bridgehead atoms. The molecule has 0 N–H and O–H groups in total. The molecule has 10 rings (SSSR count). The minimum atomic E-state index is 0.575. The minimum absolute atomic E-state index is 0.575. The number of para-hydroxylation sites is 2. The number of fused-ring (bicyclic) bond motifs is 6. The van der Waals surface area contributed by atoms with Crippen molar-refractivity contribution in [3.8, 4) is 57.7 Å². The van der Waals surface area contributed by atoms with Crippen molar-refractivity contribution in [2.45, 2.75) is 0 Å². The van der Waals surface area contributed by atoms with Crippen molar-refractivity contribution in [1.29, 1.82) is 10.5 Å². The Balaban J connectivity index is 1.21. The highest BCUT2D eigenvalue weighted by Crippen LogP contribution is 2.39. The van der Waals surface area contributed by atoms with E-state index in [1.165, 1.54) is 0 Å². The Bertz CT molecular complexity index is 3050. The first-order valence-corrected chi connectivity index (χ1v) is 17.6. The van der Waals surface area contributed by atoms with Gasteiger partial charge in [-0.3, -0.25) is 0 Å². The third kappa shape index (κ3) is 4.92. The van der Waals surface area contributed by atoms with E-state index in [-0.39, 0.29) is 0 Å². The topological polar surface area (TPSA) is 96.1 Å². The summed E-state index contributed by atoms with van der Waals surface area (Å²) in [4.78, 5) is 15.1. The highest BCUT2D eigenvalue weighted by molar-refractivity contribution is 6.13. The summed E-state index contributed by atoms with van der Waals surface area (Å²) in [6.07, 6.45) is 0. The van der Waals surface area contributed by atoms with Crippen molar-refractivity contribution in [3.63, 3.8) is 0 Å². The molecule has 7 heteroatoms. The minimum Gasteiger partial charge on any atom is -0.309 e. The molecule has 54 heavy (non-hydrogen) atoms. The van der Waals surface area contributed by atoms with Gasteiger partial charge in [0.25, 0.3) is 0 Å². The van der Waals surface area contributed by atoms with Crippen LogP contribution in [-0.2, 0) is 0 Å². The van der Waals surface area contributed by atoms with Crippen LogP contribution in [-0.4, -0.2) is 24.1 Å². The van der Waals surface area contributed by atoms with Gasteiger partial charge in [0.1, 0.15) is 0 Å². The molecule has 0 radical (unpaired) electrons. The third-order valence-corrected chi connectivity index (χ3v) is 10.0. The normalized spacial score (nSPS) is 11.3. The number of hydrogen-bond acceptors (Lipinski definition) is 5. The lowest BCUT2D eigenvalue weighted by atomic mass is 10.1. The van der Waals surface area contributed by atoms with Gasteiger partial charge in [0, 0.05) is 43.9 Å². The molecule has 7 aromatic carbocycles. The number of nitrogens with zero attached hydrogens (tertiary/aromatic N) is 7. The lowest BCUT2D eigenvalue weighted by Gasteiger charge is -2.15. The molecule has 0 fully saturated rings. The lowest BCUT2D eigenvalue weighted by molar-refractivity contribution is 1.06. The van der Waals surface area contributed by atoms with Crippen LogP contribution in [0.2, 0.25) is 0 Å². The van der Waals surface area contributed by atoms with Gasteiger partial charge in [0.2, 0.25) is 0 Å². The highest BCUT2D eigenvalue weighted by atomic mass is 15.1. The van der Waals surface area contributed by atoms with E-state index in [4.69, 9.17) is 15.0 Å². The van der Waals surface area contributed by atoms with Crippen LogP contribution in [0.1, 0.15) is 11.1 Å². The van der Waals surface area contributed by atoms with Gasteiger partial charge in [-0.1, -0.05) is 91.0 Å². The second-order valence-corrected chi connectivity index (χ2v) is 13.1. The van der Waals surface area contributed by atoms with Gasteiger partial charge in [-0.2, -0.15) is 10.5 Å². The highest BCUT2D eigenvalue weighted by Gasteiger charge is 2.21. The average Bonchev–Trinajstić information content (AvgIpc) is 3.75. The molecule has 0 aliphatic rings. The van der Waals surface area contributed by atoms with Crippen molar-refractivity contribution in [2.24, 2.45) is 0 Å². The molecule has 0 unspecified atom stereocenters. The molecular weight excluding hydrogens is 663 g/mol. The summed E-state index contributed by atoms with van der Waals surface area (Å²) < 4.78 is 4.51. The number of nitriles is 2. The second kappa shape index (κ2) is 12.4. The van der Waals surface area contributed by atoms with Gasteiger partial charge < -0.3 is 9.13 Å². The Morgan fingerprint density at radius 1 is 0.389 bits per heavy atom. The first-order valence-electron chi connectivity index (χ1n) is 17.6. The molecule has 0 spiro atoms. The molecule has 10 aromatic rings. The fourth-order valence-electron chi connectivity index (χ4n) is 7.59. The van der Waals surface area contributed by atoms with Crippen LogP contribution < -0.4 is 0 Å². The number of aromatic nitrogens is 5. The van der Waals surface area contributed by atoms with Crippen LogP contribution in [0, 0.1) is 22.7 Å². The SMILES string of the molecule is N#Cc1ccc2c(c1)c1cc(C#N)ccc1n2-c1ccc2c(c1)c1ccccc1n2-c1ccccc1-c1nc(-c2ccccc2)nc(-c2ccccc2)n1. The number of hydrogen-bond donors (Lipinski definition) is 0. The molecular formula is C47H27N7. The Morgan fingerprint density at radius 3 is 1.50 bits per heavy atom. The van der Waals surface area contributed by atoms with Crippen molar-refractivity contribution < 1.29 is 0 Å². The standard InChI is InChI=1S/C47H27N7/c48-28-30-19-22-42-37(25-30)38-26-31(29-49)20-23-43(38)53(42)34-21-24-44-39(27-34)35-15-7-9-17-40(35)54(44)41-18-10-8-16-36(41)47-51-45(32-11-3-1-4-12-32)50-46(52-47)33-13-5-2-6-14-33/h1-27H. The van der Waals surface area contributed by atoms with E-state index in [9.17, 15) is 10.5 Å². The van der Waals surface area contributed by atoms with E-state index < -0.39 is 0 Å². The first kappa shape index (κ1) is 30.9. The largest absolute Gasteiger partial charge is 0.309 e. The first-order chi connectivity index (χ1) is 26.7. The maximum atomic E-state index is 9.71. The van der Waals surface area contributed by atoms with E-state index in [0.717, 1.165) is 71.7 Å². The Morgan fingerprint density at radius 2 is 0.870 bits per heavy atom. The van der Waals surface area contributed by atoms with Crippen LogP contribution in [0.4, 0.5) is 0 Å². The second-order valence-electron chi connectivity index (χ2n) is 13.1. The summed E-state index contributed by atoms with van der Waals surface area (Å²) in [5.41, 5.74) is 9.80. The average molecular weight is 690 g/mol. The Hall–Kier alpha value is -7.87. The van der Waals surface area contributed by atoms with E-state index in [1.54, 1.807) is 0 Å². The summed E-state index contributed by atoms with van der Waals surface area (Å²) in [5, 5.41) is 23.5. The van der Waals surface area contributed by atoms with Gasteiger partial charge in [0.05, 0.1) is 51.0 Å². The summed E-state index contributed by atoms with van der Waals surface area (Å²) in [5.74, 6) is 1.80. The molecule has 250 valence electrons. The van der Waals surface area contributed by atoms with Crippen LogP contribution in [0.5, 0.6) is 0 Å². The van der Waals surface area contributed by atoms with Gasteiger partial charge >= 0.3 is 0 Å². The molecule has 0 amide bonds. The van der Waals surface area contributed by atoms with Crippen molar-refractivity contribution in [3.05, 3.63) is 175 Å². The fraction of sp³-hybridized carbons (Fsp3) is 0. The molecule has 3 heterocycles. The Labute approximate surface area is 309 Å². The quantitative estimate of drug-likeness (QED) is 0.179. The fourth-order valence-corrected chi connectivity index (χ4v) is 7.59. The lowest BCUT2D eigenvalue weighted by Crippen LogP contribution is -2.03. The third-order valence-electron chi connectivity index (χ3n) is 10.0. The smallest absolute Gasteiger partial charge is 0.166 e. The van der Waals surface area contributed by atoms with Crippen molar-refractivity contribution in [1.82, 2.24) is 24.1 Å². The van der Waals surface area contributed by atoms with Gasteiger partial charge in [-0.25, -0.2) is 15.0 Å². The summed E-state index contributed by atoms with van der Waals surface area (Å²) >= 11 is 0. The maximum Gasteiger partial charge on any atom is 0.166 e. The van der Waals surface area contributed by atoms with Gasteiger partial charge in [-0.05, 0) is 72.8 Å².